The molecule has 0 saturated heterocycles. The summed E-state index contributed by atoms with van der Waals surface area (Å²) in [7, 11) is 0. The zero-order chi connectivity index (χ0) is 45.8. The van der Waals surface area contributed by atoms with E-state index in [0.29, 0.717) is 19.3 Å². The third-order valence-corrected chi connectivity index (χ3v) is 11.2. The lowest BCUT2D eigenvalue weighted by molar-refractivity contribution is -0.167. The molecule has 0 aliphatic rings. The minimum Gasteiger partial charge on any atom is -0.462 e. The first-order chi connectivity index (χ1) is 31.0. The van der Waals surface area contributed by atoms with Crippen LogP contribution in [0.25, 0.3) is 0 Å². The van der Waals surface area contributed by atoms with Crippen molar-refractivity contribution in [2.75, 3.05) is 13.2 Å². The van der Waals surface area contributed by atoms with Crippen molar-refractivity contribution in [1.29, 1.82) is 0 Å². The Morgan fingerprint density at radius 1 is 0.317 bits per heavy atom. The van der Waals surface area contributed by atoms with Gasteiger partial charge in [0.05, 0.1) is 0 Å². The summed E-state index contributed by atoms with van der Waals surface area (Å²) >= 11 is 0. The van der Waals surface area contributed by atoms with Gasteiger partial charge >= 0.3 is 17.9 Å². The van der Waals surface area contributed by atoms with Crippen molar-refractivity contribution in [3.63, 3.8) is 0 Å². The Bertz CT molecular complexity index is 1190. The van der Waals surface area contributed by atoms with E-state index in [1.807, 2.05) is 0 Å². The fraction of sp³-hybridized carbons (Fsp3) is 0.737. The lowest BCUT2D eigenvalue weighted by Crippen LogP contribution is -2.30. The van der Waals surface area contributed by atoms with Crippen LogP contribution in [0.4, 0.5) is 0 Å². The van der Waals surface area contributed by atoms with E-state index in [-0.39, 0.29) is 31.1 Å². The van der Waals surface area contributed by atoms with Crippen LogP contribution >= 0.6 is 0 Å². The van der Waals surface area contributed by atoms with Gasteiger partial charge in [-0.15, -0.1) is 0 Å². The molecule has 0 rings (SSSR count). The SMILES string of the molecule is CCCC/C=C\C/C=C\CCCCCCCC(=O)OC(COC(=O)CCCCCCC/C=C\CCCCC)COC(=O)CCCCCCCC/C=C\C/C=C\C/C=C\CCCCC. The molecule has 0 aliphatic heterocycles. The Morgan fingerprint density at radius 3 is 0.952 bits per heavy atom. The molecule has 0 aliphatic carbocycles. The van der Waals surface area contributed by atoms with E-state index in [9.17, 15) is 14.4 Å². The molecule has 0 bridgehead atoms. The molecule has 362 valence electrons. The van der Waals surface area contributed by atoms with Crippen LogP contribution in [0, 0.1) is 0 Å². The van der Waals surface area contributed by atoms with E-state index in [0.717, 1.165) is 109 Å². The minimum absolute atomic E-state index is 0.0900. The topological polar surface area (TPSA) is 78.9 Å². The molecule has 0 amide bonds. The lowest BCUT2D eigenvalue weighted by atomic mass is 10.1. The molecule has 6 heteroatoms. The van der Waals surface area contributed by atoms with E-state index < -0.39 is 6.10 Å². The van der Waals surface area contributed by atoms with Gasteiger partial charge in [0, 0.05) is 19.3 Å². The first-order valence-electron chi connectivity index (χ1n) is 26.4. The van der Waals surface area contributed by atoms with Crippen molar-refractivity contribution in [2.45, 2.75) is 258 Å². The summed E-state index contributed by atoms with van der Waals surface area (Å²) in [6.45, 7) is 6.52. The predicted molar refractivity (Wildman–Crippen MR) is 270 cm³/mol. The summed E-state index contributed by atoms with van der Waals surface area (Å²) < 4.78 is 16.8. The number of rotatable bonds is 47. The first-order valence-corrected chi connectivity index (χ1v) is 26.4. The van der Waals surface area contributed by atoms with Crippen molar-refractivity contribution >= 4 is 17.9 Å². The maximum absolute atomic E-state index is 12.8. The van der Waals surface area contributed by atoms with Crippen molar-refractivity contribution in [1.82, 2.24) is 0 Å². The Kier molecular flexibility index (Phi) is 48.9. The zero-order valence-electron chi connectivity index (χ0n) is 41.3. The highest BCUT2D eigenvalue weighted by atomic mass is 16.6. The smallest absolute Gasteiger partial charge is 0.306 e. The standard InChI is InChI=1S/C57H98O6/c1-4-7-10-13-16-19-22-25-27-28-29-30-31-33-35-38-41-44-47-50-56(59)62-53-54(52-61-55(58)49-46-43-40-37-34-24-21-18-15-12-9-6-3)63-57(60)51-48-45-42-39-36-32-26-23-20-17-14-11-8-5-2/h14,16-19,21,23,25-27,29-30,54H,4-13,15,20,22,24,28,31-53H2,1-3H3/b17-14-,19-16-,21-18-,26-23-,27-25-,30-29-. The highest BCUT2D eigenvalue weighted by molar-refractivity contribution is 5.71. The van der Waals surface area contributed by atoms with Crippen molar-refractivity contribution in [2.24, 2.45) is 0 Å². The third kappa shape index (κ3) is 49.7. The fourth-order valence-electron chi connectivity index (χ4n) is 7.11. The Labute approximate surface area is 389 Å². The summed E-state index contributed by atoms with van der Waals surface area (Å²) in [5, 5.41) is 0. The molecule has 0 saturated carbocycles. The molecule has 0 aromatic rings. The van der Waals surface area contributed by atoms with Gasteiger partial charge in [0.25, 0.3) is 0 Å². The van der Waals surface area contributed by atoms with E-state index in [1.165, 1.54) is 103 Å². The lowest BCUT2D eigenvalue weighted by Gasteiger charge is -2.18. The van der Waals surface area contributed by atoms with Crippen LogP contribution in [0.5, 0.6) is 0 Å². The fourth-order valence-corrected chi connectivity index (χ4v) is 7.11. The molecular formula is C57H98O6. The molecule has 0 heterocycles. The van der Waals surface area contributed by atoms with Gasteiger partial charge in [-0.1, -0.05) is 196 Å². The molecule has 6 nitrogen and oxygen atoms in total. The first kappa shape index (κ1) is 59.9. The average Bonchev–Trinajstić information content (AvgIpc) is 3.28. The van der Waals surface area contributed by atoms with Crippen molar-refractivity contribution in [3.8, 4) is 0 Å². The number of hydrogen-bond acceptors (Lipinski definition) is 6. The van der Waals surface area contributed by atoms with Crippen LogP contribution in [-0.4, -0.2) is 37.2 Å². The van der Waals surface area contributed by atoms with E-state index in [1.54, 1.807) is 0 Å². The molecule has 0 N–H and O–H groups in total. The Morgan fingerprint density at radius 2 is 0.587 bits per heavy atom. The van der Waals surface area contributed by atoms with E-state index in [2.05, 4.69) is 93.7 Å². The molecule has 0 fully saturated rings. The zero-order valence-corrected chi connectivity index (χ0v) is 41.3. The van der Waals surface area contributed by atoms with Crippen LogP contribution < -0.4 is 0 Å². The summed E-state index contributed by atoms with van der Waals surface area (Å²) in [5.74, 6) is -0.924. The number of allylic oxidation sites excluding steroid dienone is 12. The average molecular weight is 879 g/mol. The summed E-state index contributed by atoms with van der Waals surface area (Å²) in [6.07, 6.45) is 64.5. The maximum Gasteiger partial charge on any atom is 0.306 e. The number of esters is 3. The largest absolute Gasteiger partial charge is 0.462 e. The van der Waals surface area contributed by atoms with Crippen LogP contribution in [0.2, 0.25) is 0 Å². The van der Waals surface area contributed by atoms with Crippen molar-refractivity contribution in [3.05, 3.63) is 72.9 Å². The quantitative estimate of drug-likeness (QED) is 0.0262. The molecular weight excluding hydrogens is 781 g/mol. The molecule has 1 unspecified atom stereocenters. The highest BCUT2D eigenvalue weighted by Crippen LogP contribution is 2.14. The van der Waals surface area contributed by atoms with Gasteiger partial charge in [-0.3, -0.25) is 14.4 Å². The molecule has 0 spiro atoms. The monoisotopic (exact) mass is 879 g/mol. The second kappa shape index (κ2) is 51.5. The second-order valence-electron chi connectivity index (χ2n) is 17.4. The van der Waals surface area contributed by atoms with Gasteiger partial charge < -0.3 is 14.2 Å². The molecule has 63 heavy (non-hydrogen) atoms. The number of hydrogen-bond donors (Lipinski definition) is 0. The van der Waals surface area contributed by atoms with Crippen LogP contribution in [-0.2, 0) is 28.6 Å². The van der Waals surface area contributed by atoms with E-state index in [4.69, 9.17) is 14.2 Å². The third-order valence-electron chi connectivity index (χ3n) is 11.2. The normalized spacial score (nSPS) is 12.6. The van der Waals surface area contributed by atoms with E-state index >= 15 is 0 Å². The number of ether oxygens (including phenoxy) is 3. The van der Waals surface area contributed by atoms with Crippen LogP contribution in [0.3, 0.4) is 0 Å². The number of carbonyl (C=O) groups excluding carboxylic acids is 3. The second-order valence-corrected chi connectivity index (χ2v) is 17.4. The van der Waals surface area contributed by atoms with Gasteiger partial charge in [-0.25, -0.2) is 0 Å². The maximum atomic E-state index is 12.8. The Balaban J connectivity index is 4.41. The molecule has 0 aromatic carbocycles. The van der Waals surface area contributed by atoms with Crippen molar-refractivity contribution < 1.29 is 28.6 Å². The van der Waals surface area contributed by atoms with Gasteiger partial charge in [0.15, 0.2) is 6.10 Å². The van der Waals surface area contributed by atoms with Gasteiger partial charge in [0.2, 0.25) is 0 Å². The molecule has 0 radical (unpaired) electrons. The highest BCUT2D eigenvalue weighted by Gasteiger charge is 2.19. The van der Waals surface area contributed by atoms with Gasteiger partial charge in [0.1, 0.15) is 13.2 Å². The summed E-state index contributed by atoms with van der Waals surface area (Å²) in [5.41, 5.74) is 0. The van der Waals surface area contributed by atoms with Crippen LogP contribution in [0.15, 0.2) is 72.9 Å². The number of unbranched alkanes of at least 4 members (excludes halogenated alkanes) is 24. The summed E-state index contributed by atoms with van der Waals surface area (Å²) in [6, 6.07) is 0. The van der Waals surface area contributed by atoms with Gasteiger partial charge in [-0.05, 0) is 109 Å². The van der Waals surface area contributed by atoms with Gasteiger partial charge in [-0.2, -0.15) is 0 Å². The number of carbonyl (C=O) groups is 3. The molecule has 0 aromatic heterocycles. The summed E-state index contributed by atoms with van der Waals surface area (Å²) in [4.78, 5) is 38.0. The minimum atomic E-state index is -0.791. The Hall–Kier alpha value is -3.15. The molecule has 1 atom stereocenters. The predicted octanol–water partition coefficient (Wildman–Crippen LogP) is 17.4. The van der Waals surface area contributed by atoms with Crippen LogP contribution in [0.1, 0.15) is 252 Å².